The van der Waals surface area contributed by atoms with Crippen molar-refractivity contribution in [2.75, 3.05) is 60.6 Å². The molecule has 3 rings (SSSR count). The first-order valence-corrected chi connectivity index (χ1v) is 12.4. The molecule has 0 atom stereocenters. The maximum atomic E-state index is 12.7. The highest BCUT2D eigenvalue weighted by molar-refractivity contribution is 5.92. The van der Waals surface area contributed by atoms with Crippen LogP contribution in [0, 0.1) is 0 Å². The van der Waals surface area contributed by atoms with Gasteiger partial charge in [-0.2, -0.15) is 0 Å². The summed E-state index contributed by atoms with van der Waals surface area (Å²) in [5.74, 6) is 1.77. The van der Waals surface area contributed by atoms with Crippen LogP contribution in [0.25, 0.3) is 6.08 Å². The van der Waals surface area contributed by atoms with Crippen molar-refractivity contribution < 1.29 is 43.6 Å². The Kier molecular flexibility index (Phi) is 12.4. The van der Waals surface area contributed by atoms with Gasteiger partial charge in [0.05, 0.1) is 21.3 Å². The normalized spacial score (nSPS) is 15.3. The number of nitrogens with zero attached hydrogens (tertiary/aromatic N) is 3. The third-order valence-corrected chi connectivity index (χ3v) is 6.11. The Labute approximate surface area is 227 Å². The number of carbonyl (C=O) groups is 3. The summed E-state index contributed by atoms with van der Waals surface area (Å²) in [6.45, 7) is 4.20. The van der Waals surface area contributed by atoms with Crippen LogP contribution in [0.5, 0.6) is 17.2 Å². The summed E-state index contributed by atoms with van der Waals surface area (Å²) in [4.78, 5) is 49.3. The Bertz CT molecular complexity index is 1070. The lowest BCUT2D eigenvalue weighted by atomic mass is 10.1. The van der Waals surface area contributed by atoms with E-state index in [1.807, 2.05) is 4.90 Å². The number of piperazine rings is 1. The molecule has 0 aromatic heterocycles. The number of carbonyl (C=O) groups excluding carboxylic acids is 2. The van der Waals surface area contributed by atoms with Crippen LogP contribution in [0.3, 0.4) is 0 Å². The SMILES string of the molecule is COc1cc(C=CC(=O)N2CCN(C(=C=O)N3CCCCC3)CC2)cc(OC)c1OC.O=C(O)/C=C\C(=O)O. The Morgan fingerprint density at radius 2 is 1.23 bits per heavy atom. The minimum absolute atomic E-state index is 0.0667. The number of carboxylic acid groups (broad SMARTS) is 2. The van der Waals surface area contributed by atoms with Gasteiger partial charge in [-0.25, -0.2) is 14.4 Å². The molecule has 0 saturated carbocycles. The van der Waals surface area contributed by atoms with Crippen LogP contribution in [0.1, 0.15) is 24.8 Å². The molecule has 0 aliphatic carbocycles. The molecule has 0 bridgehead atoms. The number of methoxy groups -OCH3 is 3. The quantitative estimate of drug-likeness (QED) is 0.346. The van der Waals surface area contributed by atoms with Gasteiger partial charge in [-0.05, 0) is 43.0 Å². The number of ether oxygens (including phenoxy) is 3. The van der Waals surface area contributed by atoms with Crippen molar-refractivity contribution in [3.05, 3.63) is 41.7 Å². The lowest BCUT2D eigenvalue weighted by molar-refractivity contribution is -0.134. The van der Waals surface area contributed by atoms with Crippen molar-refractivity contribution in [2.45, 2.75) is 19.3 Å². The third kappa shape index (κ3) is 9.42. The van der Waals surface area contributed by atoms with E-state index in [1.165, 1.54) is 6.42 Å². The number of benzene rings is 1. The fourth-order valence-corrected chi connectivity index (χ4v) is 4.19. The van der Waals surface area contributed by atoms with E-state index in [2.05, 4.69) is 10.8 Å². The van der Waals surface area contributed by atoms with Gasteiger partial charge in [-0.1, -0.05) is 0 Å². The van der Waals surface area contributed by atoms with Crippen molar-refractivity contribution in [2.24, 2.45) is 0 Å². The summed E-state index contributed by atoms with van der Waals surface area (Å²) >= 11 is 0. The minimum Gasteiger partial charge on any atom is -0.493 e. The maximum Gasteiger partial charge on any atom is 0.328 e. The van der Waals surface area contributed by atoms with E-state index in [-0.39, 0.29) is 5.91 Å². The molecule has 1 amide bonds. The zero-order chi connectivity index (χ0) is 28.8. The monoisotopic (exact) mass is 545 g/mol. The van der Waals surface area contributed by atoms with Crippen molar-refractivity contribution in [1.29, 1.82) is 0 Å². The van der Waals surface area contributed by atoms with Crippen LogP contribution >= 0.6 is 0 Å². The van der Waals surface area contributed by atoms with Gasteiger partial charge in [-0.15, -0.1) is 0 Å². The van der Waals surface area contributed by atoms with Crippen molar-refractivity contribution in [3.8, 4) is 17.2 Å². The summed E-state index contributed by atoms with van der Waals surface area (Å²) in [6, 6.07) is 3.59. The Morgan fingerprint density at radius 3 is 1.67 bits per heavy atom. The molecule has 2 aliphatic rings. The Balaban J connectivity index is 0.000000580. The van der Waals surface area contributed by atoms with E-state index >= 15 is 0 Å². The molecule has 39 heavy (non-hydrogen) atoms. The lowest BCUT2D eigenvalue weighted by Crippen LogP contribution is -2.50. The van der Waals surface area contributed by atoms with E-state index in [1.54, 1.807) is 50.5 Å². The molecular formula is C27H35N3O9. The van der Waals surface area contributed by atoms with Crippen LogP contribution in [0.15, 0.2) is 36.2 Å². The van der Waals surface area contributed by atoms with E-state index in [9.17, 15) is 19.2 Å². The molecule has 0 spiro atoms. The van der Waals surface area contributed by atoms with E-state index in [0.29, 0.717) is 61.4 Å². The summed E-state index contributed by atoms with van der Waals surface area (Å²) in [5.41, 5.74) is 0.776. The van der Waals surface area contributed by atoms with E-state index in [0.717, 1.165) is 31.5 Å². The molecule has 2 fully saturated rings. The van der Waals surface area contributed by atoms with Gasteiger partial charge in [0.15, 0.2) is 23.3 Å². The second-order valence-electron chi connectivity index (χ2n) is 8.59. The second kappa shape index (κ2) is 15.7. The zero-order valence-corrected chi connectivity index (χ0v) is 22.4. The molecule has 1 aromatic rings. The van der Waals surface area contributed by atoms with Gasteiger partial charge < -0.3 is 39.1 Å². The predicted molar refractivity (Wildman–Crippen MR) is 142 cm³/mol. The maximum absolute atomic E-state index is 12.7. The van der Waals surface area contributed by atoms with Gasteiger partial charge in [0.1, 0.15) is 0 Å². The van der Waals surface area contributed by atoms with Gasteiger partial charge >= 0.3 is 11.9 Å². The summed E-state index contributed by atoms with van der Waals surface area (Å²) in [6.07, 6.45) is 7.83. The zero-order valence-electron chi connectivity index (χ0n) is 22.4. The molecule has 2 saturated heterocycles. The highest BCUT2D eigenvalue weighted by Crippen LogP contribution is 2.38. The third-order valence-electron chi connectivity index (χ3n) is 6.11. The average Bonchev–Trinajstić information content (AvgIpc) is 2.95. The highest BCUT2D eigenvalue weighted by atomic mass is 16.5. The molecule has 2 N–H and O–H groups in total. The first kappa shape index (κ1) is 30.8. The van der Waals surface area contributed by atoms with Crippen molar-refractivity contribution >= 4 is 29.9 Å². The largest absolute Gasteiger partial charge is 0.493 e. The van der Waals surface area contributed by atoms with E-state index < -0.39 is 11.9 Å². The topological polar surface area (TPSA) is 146 Å². The summed E-state index contributed by atoms with van der Waals surface area (Å²) in [7, 11) is 4.66. The standard InChI is InChI=1S/C23H31N3O5.C4H4O4/c1-29-19-15-18(16-20(30-2)23(19)31-3)7-8-22(28)26-13-11-25(12-14-26)21(17-27)24-9-5-4-6-10-24;5-3(6)1-2-4(7)8/h7-8,15-16H,4-6,9-14H2,1-3H3;1-2H,(H,5,6)(H,7,8)/b;2-1-. The molecule has 12 nitrogen and oxygen atoms in total. The second-order valence-corrected chi connectivity index (χ2v) is 8.59. The Morgan fingerprint density at radius 1 is 0.744 bits per heavy atom. The molecular weight excluding hydrogens is 510 g/mol. The Hall–Kier alpha value is -4.44. The predicted octanol–water partition coefficient (Wildman–Crippen LogP) is 1.74. The average molecular weight is 546 g/mol. The van der Waals surface area contributed by atoms with Crippen LogP contribution in [-0.4, -0.2) is 109 Å². The first-order valence-electron chi connectivity index (χ1n) is 12.4. The summed E-state index contributed by atoms with van der Waals surface area (Å²) < 4.78 is 16.0. The molecule has 2 heterocycles. The number of amides is 1. The molecule has 212 valence electrons. The van der Waals surface area contributed by atoms with Crippen LogP contribution in [0.4, 0.5) is 0 Å². The molecule has 0 unspecified atom stereocenters. The summed E-state index contributed by atoms with van der Waals surface area (Å²) in [5, 5.41) is 15.6. The van der Waals surface area contributed by atoms with E-state index in [4.69, 9.17) is 24.4 Å². The smallest absolute Gasteiger partial charge is 0.328 e. The highest BCUT2D eigenvalue weighted by Gasteiger charge is 2.25. The number of carboxylic acids is 2. The number of rotatable bonds is 9. The van der Waals surface area contributed by atoms with Crippen molar-refractivity contribution in [3.63, 3.8) is 0 Å². The van der Waals surface area contributed by atoms with Gasteiger partial charge in [0.25, 0.3) is 0 Å². The number of aliphatic carboxylic acids is 2. The number of piperidine rings is 1. The van der Waals surface area contributed by atoms with Crippen LogP contribution in [0.2, 0.25) is 0 Å². The fraction of sp³-hybridized carbons (Fsp3) is 0.444. The number of hydrogen-bond acceptors (Lipinski definition) is 9. The molecule has 2 aliphatic heterocycles. The van der Waals surface area contributed by atoms with Crippen LogP contribution in [-0.2, 0) is 19.2 Å². The van der Waals surface area contributed by atoms with Crippen molar-refractivity contribution in [1.82, 2.24) is 14.7 Å². The first-order chi connectivity index (χ1) is 18.7. The van der Waals surface area contributed by atoms with Crippen LogP contribution < -0.4 is 14.2 Å². The number of hydrogen-bond donors (Lipinski definition) is 2. The lowest BCUT2D eigenvalue weighted by Gasteiger charge is -2.40. The van der Waals surface area contributed by atoms with Gasteiger partial charge in [-0.3, -0.25) is 4.79 Å². The van der Waals surface area contributed by atoms with Gasteiger partial charge in [0.2, 0.25) is 11.7 Å². The van der Waals surface area contributed by atoms with Gasteiger partial charge in [0, 0.05) is 57.5 Å². The molecule has 12 heteroatoms. The minimum atomic E-state index is -1.26. The number of likely N-dealkylation sites (tertiary alicyclic amines) is 1. The molecule has 1 aromatic carbocycles. The fourth-order valence-electron chi connectivity index (χ4n) is 4.19. The molecule has 0 radical (unpaired) electrons.